The van der Waals surface area contributed by atoms with Gasteiger partial charge in [0.2, 0.25) is 0 Å². The molecule has 0 radical (unpaired) electrons. The molecule has 3 heteroatoms. The molecule has 0 aliphatic carbocycles. The maximum absolute atomic E-state index is 11.4. The van der Waals surface area contributed by atoms with Crippen molar-refractivity contribution in [1.29, 1.82) is 0 Å². The standard InChI is InChI=1S/C12H9NO2/c14-7-1-2-9-3-4-10-11(8-9)13-6-5-12(10)15/h1-8H,(H,13,15). The molecule has 0 fully saturated rings. The van der Waals surface area contributed by atoms with Gasteiger partial charge in [-0.2, -0.15) is 0 Å². The first-order chi connectivity index (χ1) is 7.31. The predicted molar refractivity (Wildman–Crippen MR) is 59.7 cm³/mol. The number of benzene rings is 1. The van der Waals surface area contributed by atoms with Crippen molar-refractivity contribution in [2.45, 2.75) is 0 Å². The Hall–Kier alpha value is -2.16. The van der Waals surface area contributed by atoms with E-state index in [4.69, 9.17) is 0 Å². The van der Waals surface area contributed by atoms with Crippen molar-refractivity contribution < 1.29 is 4.79 Å². The van der Waals surface area contributed by atoms with E-state index in [2.05, 4.69) is 4.98 Å². The number of hydrogen-bond acceptors (Lipinski definition) is 2. The third-order valence-electron chi connectivity index (χ3n) is 2.15. The molecule has 0 saturated carbocycles. The Morgan fingerprint density at radius 3 is 2.87 bits per heavy atom. The van der Waals surface area contributed by atoms with Crippen molar-refractivity contribution >= 4 is 23.3 Å². The van der Waals surface area contributed by atoms with Gasteiger partial charge in [0.15, 0.2) is 5.43 Å². The highest BCUT2D eigenvalue weighted by molar-refractivity contribution is 5.82. The predicted octanol–water partition coefficient (Wildman–Crippen LogP) is 1.74. The number of rotatable bonds is 2. The molecule has 0 bridgehead atoms. The molecule has 0 aliphatic rings. The van der Waals surface area contributed by atoms with Crippen LogP contribution in [0.15, 0.2) is 41.3 Å². The summed E-state index contributed by atoms with van der Waals surface area (Å²) in [7, 11) is 0. The van der Waals surface area contributed by atoms with Crippen LogP contribution in [0, 0.1) is 0 Å². The molecule has 1 N–H and O–H groups in total. The number of H-pyrrole nitrogens is 1. The minimum Gasteiger partial charge on any atom is -0.361 e. The molecule has 0 amide bonds. The summed E-state index contributed by atoms with van der Waals surface area (Å²) in [6.45, 7) is 0. The van der Waals surface area contributed by atoms with E-state index in [1.165, 1.54) is 12.1 Å². The van der Waals surface area contributed by atoms with Gasteiger partial charge >= 0.3 is 0 Å². The first kappa shape index (κ1) is 9.40. The first-order valence-corrected chi connectivity index (χ1v) is 4.54. The lowest BCUT2D eigenvalue weighted by Gasteiger charge is -1.98. The Morgan fingerprint density at radius 2 is 2.07 bits per heavy atom. The van der Waals surface area contributed by atoms with E-state index in [1.54, 1.807) is 24.4 Å². The highest BCUT2D eigenvalue weighted by atomic mass is 16.1. The van der Waals surface area contributed by atoms with Gasteiger partial charge in [-0.25, -0.2) is 0 Å². The maximum atomic E-state index is 11.4. The lowest BCUT2D eigenvalue weighted by molar-refractivity contribution is -0.104. The van der Waals surface area contributed by atoms with Gasteiger partial charge in [0.1, 0.15) is 6.29 Å². The van der Waals surface area contributed by atoms with E-state index in [9.17, 15) is 9.59 Å². The number of aromatic nitrogens is 1. The molecule has 0 atom stereocenters. The summed E-state index contributed by atoms with van der Waals surface area (Å²) in [5, 5.41) is 0.653. The molecule has 0 saturated heterocycles. The van der Waals surface area contributed by atoms with Crippen LogP contribution in [-0.4, -0.2) is 11.3 Å². The van der Waals surface area contributed by atoms with Gasteiger partial charge in [-0.3, -0.25) is 9.59 Å². The molecular formula is C12H9NO2. The lowest BCUT2D eigenvalue weighted by atomic mass is 10.1. The Labute approximate surface area is 86.1 Å². The van der Waals surface area contributed by atoms with Crippen LogP contribution in [0.5, 0.6) is 0 Å². The van der Waals surface area contributed by atoms with Crippen molar-refractivity contribution in [2.24, 2.45) is 0 Å². The third-order valence-corrected chi connectivity index (χ3v) is 2.15. The Morgan fingerprint density at radius 1 is 1.20 bits per heavy atom. The monoisotopic (exact) mass is 199 g/mol. The van der Waals surface area contributed by atoms with Crippen LogP contribution in [-0.2, 0) is 4.79 Å². The molecule has 74 valence electrons. The molecule has 0 aliphatic heterocycles. The number of carbonyl (C=O) groups is 1. The molecule has 1 aromatic carbocycles. The summed E-state index contributed by atoms with van der Waals surface area (Å²) in [4.78, 5) is 24.5. The van der Waals surface area contributed by atoms with Gasteiger partial charge in [-0.15, -0.1) is 0 Å². The first-order valence-electron chi connectivity index (χ1n) is 4.54. The van der Waals surface area contributed by atoms with Crippen LogP contribution in [0.3, 0.4) is 0 Å². The zero-order valence-electron chi connectivity index (χ0n) is 7.94. The van der Waals surface area contributed by atoms with Gasteiger partial charge in [0, 0.05) is 23.2 Å². The maximum Gasteiger partial charge on any atom is 0.189 e. The second-order valence-corrected chi connectivity index (χ2v) is 3.14. The highest BCUT2D eigenvalue weighted by Gasteiger charge is 1.97. The van der Waals surface area contributed by atoms with Crippen LogP contribution >= 0.6 is 0 Å². The van der Waals surface area contributed by atoms with Crippen LogP contribution in [0.2, 0.25) is 0 Å². The molecule has 0 spiro atoms. The van der Waals surface area contributed by atoms with E-state index in [0.29, 0.717) is 5.39 Å². The van der Waals surface area contributed by atoms with Crippen molar-refractivity contribution in [2.75, 3.05) is 0 Å². The number of nitrogens with one attached hydrogen (secondary N) is 1. The van der Waals surface area contributed by atoms with Crippen LogP contribution in [0.1, 0.15) is 5.56 Å². The SMILES string of the molecule is O=CC=Cc1ccc2c(=O)cc[nH]c2c1. The smallest absolute Gasteiger partial charge is 0.189 e. The molecule has 3 nitrogen and oxygen atoms in total. The van der Waals surface area contributed by atoms with Gasteiger partial charge in [0.25, 0.3) is 0 Å². The molecule has 2 rings (SSSR count). The van der Waals surface area contributed by atoms with Crippen LogP contribution < -0.4 is 5.43 Å². The number of aromatic amines is 1. The number of carbonyl (C=O) groups excluding carboxylic acids is 1. The second kappa shape index (κ2) is 3.92. The molecule has 0 unspecified atom stereocenters. The third kappa shape index (κ3) is 1.86. The van der Waals surface area contributed by atoms with E-state index < -0.39 is 0 Å². The number of fused-ring (bicyclic) bond motifs is 1. The van der Waals surface area contributed by atoms with Crippen molar-refractivity contribution in [3.05, 3.63) is 52.3 Å². The summed E-state index contributed by atoms with van der Waals surface area (Å²) in [6.07, 6.45) is 5.44. The number of aldehydes is 1. The average Bonchev–Trinajstić information content (AvgIpc) is 2.26. The molecule has 15 heavy (non-hydrogen) atoms. The summed E-state index contributed by atoms with van der Waals surface area (Å²) in [5.41, 5.74) is 1.65. The highest BCUT2D eigenvalue weighted by Crippen LogP contribution is 2.10. The number of pyridine rings is 1. The average molecular weight is 199 g/mol. The molecular weight excluding hydrogens is 190 g/mol. The summed E-state index contributed by atoms with van der Waals surface area (Å²) >= 11 is 0. The number of allylic oxidation sites excluding steroid dienone is 1. The van der Waals surface area contributed by atoms with Crippen molar-refractivity contribution in [3.8, 4) is 0 Å². The summed E-state index contributed by atoms with van der Waals surface area (Å²) in [6, 6.07) is 6.87. The quantitative estimate of drug-likeness (QED) is 0.591. The van der Waals surface area contributed by atoms with Gasteiger partial charge in [-0.05, 0) is 23.8 Å². The number of hydrogen-bond donors (Lipinski definition) is 1. The van der Waals surface area contributed by atoms with E-state index in [0.717, 1.165) is 17.4 Å². The van der Waals surface area contributed by atoms with E-state index in [1.807, 2.05) is 6.07 Å². The Balaban J connectivity index is 2.62. The molecule has 1 heterocycles. The zero-order valence-corrected chi connectivity index (χ0v) is 7.94. The van der Waals surface area contributed by atoms with Gasteiger partial charge in [0.05, 0.1) is 0 Å². The fraction of sp³-hybridized carbons (Fsp3) is 0. The van der Waals surface area contributed by atoms with Crippen molar-refractivity contribution in [3.63, 3.8) is 0 Å². The fourth-order valence-corrected chi connectivity index (χ4v) is 1.45. The molecule has 2 aromatic rings. The molecule has 1 aromatic heterocycles. The lowest BCUT2D eigenvalue weighted by Crippen LogP contribution is -1.99. The van der Waals surface area contributed by atoms with Gasteiger partial charge in [-0.1, -0.05) is 12.1 Å². The topological polar surface area (TPSA) is 49.9 Å². The fourth-order valence-electron chi connectivity index (χ4n) is 1.45. The van der Waals surface area contributed by atoms with Crippen LogP contribution in [0.25, 0.3) is 17.0 Å². The van der Waals surface area contributed by atoms with Crippen LogP contribution in [0.4, 0.5) is 0 Å². The largest absolute Gasteiger partial charge is 0.361 e. The Bertz CT molecular complexity index is 581. The van der Waals surface area contributed by atoms with Crippen molar-refractivity contribution in [1.82, 2.24) is 4.98 Å². The van der Waals surface area contributed by atoms with Gasteiger partial charge < -0.3 is 4.98 Å². The van der Waals surface area contributed by atoms with E-state index in [-0.39, 0.29) is 5.43 Å². The zero-order chi connectivity index (χ0) is 10.7. The minimum atomic E-state index is -0.00494. The second-order valence-electron chi connectivity index (χ2n) is 3.14. The Kier molecular flexibility index (Phi) is 2.46. The summed E-state index contributed by atoms with van der Waals surface area (Å²) < 4.78 is 0. The normalized spacial score (nSPS) is 10.9. The minimum absolute atomic E-state index is 0.00494. The summed E-state index contributed by atoms with van der Waals surface area (Å²) in [5.74, 6) is 0. The van der Waals surface area contributed by atoms with E-state index >= 15 is 0 Å².